The van der Waals surface area contributed by atoms with Crippen molar-refractivity contribution in [3.63, 3.8) is 0 Å². The van der Waals surface area contributed by atoms with Gasteiger partial charge in [-0.3, -0.25) is 0 Å². The topological polar surface area (TPSA) is 21.3 Å². The third-order valence-electron chi connectivity index (χ3n) is 4.04. The Balaban J connectivity index is 2.08. The van der Waals surface area contributed by atoms with Gasteiger partial charge in [0.15, 0.2) is 0 Å². The standard InChI is InChI=1S/C17H26FNO/c1-3-11-19-15-7-5-4-6-8-16(15)20-17-12-14(18)10-9-13(17)2/h9-10,12,15-16,19H,3-8,11H2,1-2H3. The van der Waals surface area contributed by atoms with Crippen molar-refractivity contribution in [3.05, 3.63) is 29.6 Å². The van der Waals surface area contributed by atoms with E-state index in [1.54, 1.807) is 6.07 Å². The van der Waals surface area contributed by atoms with E-state index >= 15 is 0 Å². The number of rotatable bonds is 5. The molecule has 3 heteroatoms. The minimum absolute atomic E-state index is 0.157. The zero-order valence-electron chi connectivity index (χ0n) is 12.6. The molecule has 0 bridgehead atoms. The number of benzene rings is 1. The molecule has 1 aromatic carbocycles. The van der Waals surface area contributed by atoms with Crippen LogP contribution in [0.4, 0.5) is 4.39 Å². The molecule has 1 fully saturated rings. The van der Waals surface area contributed by atoms with Crippen LogP contribution in [0.15, 0.2) is 18.2 Å². The first kappa shape index (κ1) is 15.3. The lowest BCUT2D eigenvalue weighted by Gasteiger charge is -2.27. The van der Waals surface area contributed by atoms with Crippen molar-refractivity contribution in [2.24, 2.45) is 0 Å². The fourth-order valence-electron chi connectivity index (χ4n) is 2.84. The number of aryl methyl sites for hydroxylation is 1. The highest BCUT2D eigenvalue weighted by atomic mass is 19.1. The second kappa shape index (κ2) is 7.63. The summed E-state index contributed by atoms with van der Waals surface area (Å²) in [6.07, 6.45) is 7.21. The fraction of sp³-hybridized carbons (Fsp3) is 0.647. The van der Waals surface area contributed by atoms with Gasteiger partial charge in [0.05, 0.1) is 0 Å². The van der Waals surface area contributed by atoms with Gasteiger partial charge in [-0.2, -0.15) is 0 Å². The molecule has 2 atom stereocenters. The quantitative estimate of drug-likeness (QED) is 0.815. The summed E-state index contributed by atoms with van der Waals surface area (Å²) < 4.78 is 19.5. The molecule has 0 amide bonds. The van der Waals surface area contributed by atoms with Crippen LogP contribution in [0.2, 0.25) is 0 Å². The van der Waals surface area contributed by atoms with Crippen molar-refractivity contribution in [1.29, 1.82) is 0 Å². The van der Waals surface area contributed by atoms with Crippen LogP contribution in [-0.4, -0.2) is 18.7 Å². The molecule has 1 N–H and O–H groups in total. The highest BCUT2D eigenvalue weighted by Gasteiger charge is 2.25. The molecule has 20 heavy (non-hydrogen) atoms. The van der Waals surface area contributed by atoms with Gasteiger partial charge in [0, 0.05) is 12.1 Å². The van der Waals surface area contributed by atoms with Gasteiger partial charge in [-0.15, -0.1) is 0 Å². The largest absolute Gasteiger partial charge is 0.488 e. The summed E-state index contributed by atoms with van der Waals surface area (Å²) in [6.45, 7) is 5.17. The lowest BCUT2D eigenvalue weighted by atomic mass is 10.1. The maximum absolute atomic E-state index is 13.4. The van der Waals surface area contributed by atoms with E-state index in [0.717, 1.165) is 31.4 Å². The third-order valence-corrected chi connectivity index (χ3v) is 4.04. The van der Waals surface area contributed by atoms with E-state index in [4.69, 9.17) is 4.74 Å². The Bertz CT molecular complexity index is 421. The van der Waals surface area contributed by atoms with E-state index in [0.29, 0.717) is 11.8 Å². The van der Waals surface area contributed by atoms with Crippen LogP contribution in [0.5, 0.6) is 5.75 Å². The first-order valence-electron chi connectivity index (χ1n) is 7.87. The molecule has 1 aliphatic rings. The predicted molar refractivity (Wildman–Crippen MR) is 80.7 cm³/mol. The fourth-order valence-corrected chi connectivity index (χ4v) is 2.84. The molecule has 0 heterocycles. The second-order valence-corrected chi connectivity index (χ2v) is 5.76. The Morgan fingerprint density at radius 3 is 2.85 bits per heavy atom. The van der Waals surface area contributed by atoms with Crippen LogP contribution in [0.3, 0.4) is 0 Å². The maximum atomic E-state index is 13.4. The zero-order valence-corrected chi connectivity index (χ0v) is 12.6. The molecule has 2 rings (SSSR count). The van der Waals surface area contributed by atoms with Crippen molar-refractivity contribution < 1.29 is 9.13 Å². The summed E-state index contributed by atoms with van der Waals surface area (Å²) in [7, 11) is 0. The van der Waals surface area contributed by atoms with Crippen molar-refractivity contribution in [3.8, 4) is 5.75 Å². The molecule has 0 aliphatic heterocycles. The van der Waals surface area contributed by atoms with E-state index in [1.165, 1.54) is 31.4 Å². The lowest BCUT2D eigenvalue weighted by Crippen LogP contribution is -2.42. The van der Waals surface area contributed by atoms with Gasteiger partial charge in [-0.1, -0.05) is 25.8 Å². The van der Waals surface area contributed by atoms with E-state index in [9.17, 15) is 4.39 Å². The summed E-state index contributed by atoms with van der Waals surface area (Å²) in [4.78, 5) is 0. The first-order valence-corrected chi connectivity index (χ1v) is 7.87. The summed E-state index contributed by atoms with van der Waals surface area (Å²) in [6, 6.07) is 5.18. The van der Waals surface area contributed by atoms with Gasteiger partial charge >= 0.3 is 0 Å². The SMILES string of the molecule is CCCNC1CCCCCC1Oc1cc(F)ccc1C. The second-order valence-electron chi connectivity index (χ2n) is 5.76. The summed E-state index contributed by atoms with van der Waals surface area (Å²) in [5, 5.41) is 3.60. The van der Waals surface area contributed by atoms with Gasteiger partial charge in [-0.25, -0.2) is 4.39 Å². The summed E-state index contributed by atoms with van der Waals surface area (Å²) >= 11 is 0. The number of hydrogen-bond donors (Lipinski definition) is 1. The highest BCUT2D eigenvalue weighted by molar-refractivity contribution is 5.33. The third kappa shape index (κ3) is 4.20. The average Bonchev–Trinajstić information content (AvgIpc) is 2.66. The lowest BCUT2D eigenvalue weighted by molar-refractivity contribution is 0.143. The van der Waals surface area contributed by atoms with E-state index in [1.807, 2.05) is 6.92 Å². The molecule has 2 nitrogen and oxygen atoms in total. The Hall–Kier alpha value is -1.09. The minimum atomic E-state index is -0.225. The van der Waals surface area contributed by atoms with Crippen LogP contribution in [0.25, 0.3) is 0 Å². The molecule has 1 aromatic rings. The van der Waals surface area contributed by atoms with Crippen molar-refractivity contribution >= 4 is 0 Å². The van der Waals surface area contributed by atoms with Gasteiger partial charge in [0.2, 0.25) is 0 Å². The van der Waals surface area contributed by atoms with Gasteiger partial charge in [0.25, 0.3) is 0 Å². The first-order chi connectivity index (χ1) is 9.70. The maximum Gasteiger partial charge on any atom is 0.126 e. The van der Waals surface area contributed by atoms with Gasteiger partial charge < -0.3 is 10.1 Å². The Labute approximate surface area is 121 Å². The molecule has 0 spiro atoms. The molecule has 1 aliphatic carbocycles. The smallest absolute Gasteiger partial charge is 0.126 e. The molecule has 2 unspecified atom stereocenters. The highest BCUT2D eigenvalue weighted by Crippen LogP contribution is 2.26. The van der Waals surface area contributed by atoms with E-state index < -0.39 is 0 Å². The monoisotopic (exact) mass is 279 g/mol. The Morgan fingerprint density at radius 1 is 1.25 bits per heavy atom. The molecule has 0 aromatic heterocycles. The molecule has 0 radical (unpaired) electrons. The molecule has 0 saturated heterocycles. The molecule has 112 valence electrons. The minimum Gasteiger partial charge on any atom is -0.488 e. The van der Waals surface area contributed by atoms with Crippen LogP contribution >= 0.6 is 0 Å². The van der Waals surface area contributed by atoms with Crippen molar-refractivity contribution in [2.75, 3.05) is 6.54 Å². The van der Waals surface area contributed by atoms with Crippen LogP contribution in [0.1, 0.15) is 51.0 Å². The van der Waals surface area contributed by atoms with Crippen LogP contribution in [-0.2, 0) is 0 Å². The zero-order chi connectivity index (χ0) is 14.4. The van der Waals surface area contributed by atoms with Crippen molar-refractivity contribution in [1.82, 2.24) is 5.32 Å². The van der Waals surface area contributed by atoms with Crippen LogP contribution < -0.4 is 10.1 Å². The van der Waals surface area contributed by atoms with E-state index in [-0.39, 0.29) is 11.9 Å². The molecular formula is C17H26FNO. The van der Waals surface area contributed by atoms with Crippen LogP contribution in [0, 0.1) is 12.7 Å². The number of ether oxygens (including phenoxy) is 1. The average molecular weight is 279 g/mol. The Kier molecular flexibility index (Phi) is 5.84. The summed E-state index contributed by atoms with van der Waals surface area (Å²) in [5.74, 6) is 0.470. The van der Waals surface area contributed by atoms with Crippen molar-refractivity contribution in [2.45, 2.75) is 64.5 Å². The predicted octanol–water partition coefficient (Wildman–Crippen LogP) is 4.21. The van der Waals surface area contributed by atoms with Gasteiger partial charge in [-0.05, 0) is 50.8 Å². The molecule has 1 saturated carbocycles. The van der Waals surface area contributed by atoms with E-state index in [2.05, 4.69) is 12.2 Å². The summed E-state index contributed by atoms with van der Waals surface area (Å²) in [5.41, 5.74) is 1.00. The number of halogens is 1. The number of hydrogen-bond acceptors (Lipinski definition) is 2. The normalized spacial score (nSPS) is 23.4. The Morgan fingerprint density at radius 2 is 2.05 bits per heavy atom. The van der Waals surface area contributed by atoms with Gasteiger partial charge in [0.1, 0.15) is 17.7 Å². The molecular weight excluding hydrogens is 253 g/mol. The number of nitrogens with one attached hydrogen (secondary N) is 1.